The number of aliphatic imine (C=N–C) groups is 1. The highest BCUT2D eigenvalue weighted by molar-refractivity contribution is 6.30. The van der Waals surface area contributed by atoms with Crippen LogP contribution in [0, 0.1) is 0 Å². The number of rotatable bonds is 6. The number of hydrazone groups is 1. The molecule has 160 valence electrons. The molecule has 3 aromatic carbocycles. The van der Waals surface area contributed by atoms with Gasteiger partial charge in [0.25, 0.3) is 0 Å². The second kappa shape index (κ2) is 10.8. The summed E-state index contributed by atoms with van der Waals surface area (Å²) in [6.07, 6.45) is 7.85. The van der Waals surface area contributed by atoms with Gasteiger partial charge in [-0.05, 0) is 53.1 Å². The Labute approximate surface area is 198 Å². The molecular weight excluding hydrogens is 439 g/mol. The Balaban J connectivity index is 1.51. The van der Waals surface area contributed by atoms with Crippen molar-refractivity contribution in [3.8, 4) is 0 Å². The van der Waals surface area contributed by atoms with Crippen LogP contribution in [0.15, 0.2) is 101 Å². The van der Waals surface area contributed by atoms with Gasteiger partial charge < -0.3 is 5.32 Å². The molecule has 3 aromatic rings. The number of halogens is 2. The van der Waals surface area contributed by atoms with Crippen LogP contribution in [-0.4, -0.2) is 18.2 Å². The van der Waals surface area contributed by atoms with Crippen LogP contribution in [0.4, 0.5) is 0 Å². The van der Waals surface area contributed by atoms with Crippen molar-refractivity contribution in [1.29, 1.82) is 0 Å². The summed E-state index contributed by atoms with van der Waals surface area (Å²) >= 11 is 12.0. The highest BCUT2D eigenvalue weighted by Crippen LogP contribution is 2.19. The average Bonchev–Trinajstić information content (AvgIpc) is 3.30. The maximum absolute atomic E-state index is 5.98. The maximum Gasteiger partial charge on any atom is 0.212 e. The number of benzene rings is 3. The number of nitrogens with one attached hydrogen (secondary N) is 2. The van der Waals surface area contributed by atoms with Gasteiger partial charge in [-0.15, -0.1) is 0 Å². The van der Waals surface area contributed by atoms with Gasteiger partial charge in [-0.25, -0.2) is 10.4 Å². The number of guanidine groups is 1. The van der Waals surface area contributed by atoms with E-state index in [9.17, 15) is 0 Å². The molecule has 0 amide bonds. The smallest absolute Gasteiger partial charge is 0.212 e. The predicted octanol–water partition coefficient (Wildman–Crippen LogP) is 6.37. The molecule has 0 bridgehead atoms. The van der Waals surface area contributed by atoms with Gasteiger partial charge in [-0.1, -0.05) is 90.0 Å². The first kappa shape index (κ1) is 21.9. The largest absolute Gasteiger partial charge is 0.352 e. The van der Waals surface area contributed by atoms with E-state index < -0.39 is 0 Å². The van der Waals surface area contributed by atoms with Crippen LogP contribution in [0.3, 0.4) is 0 Å². The van der Waals surface area contributed by atoms with Gasteiger partial charge in [-0.2, -0.15) is 5.10 Å². The Morgan fingerprint density at radius 3 is 1.97 bits per heavy atom. The van der Waals surface area contributed by atoms with Crippen molar-refractivity contribution in [3.05, 3.63) is 118 Å². The molecule has 0 saturated heterocycles. The Morgan fingerprint density at radius 1 is 0.844 bits per heavy atom. The lowest BCUT2D eigenvalue weighted by molar-refractivity contribution is 0.750. The lowest BCUT2D eigenvalue weighted by Gasteiger charge is -2.04. The van der Waals surface area contributed by atoms with Gasteiger partial charge in [0, 0.05) is 16.6 Å². The third-order valence-electron chi connectivity index (χ3n) is 4.86. The van der Waals surface area contributed by atoms with E-state index in [1.165, 1.54) is 5.56 Å². The lowest BCUT2D eigenvalue weighted by atomic mass is 10.1. The van der Waals surface area contributed by atoms with Crippen LogP contribution < -0.4 is 10.7 Å². The number of allylic oxidation sites excluding steroid dienone is 2. The topological polar surface area (TPSA) is 48.8 Å². The molecule has 1 heterocycles. The second-order valence-electron chi connectivity index (χ2n) is 7.20. The van der Waals surface area contributed by atoms with Crippen LogP contribution in [0.25, 0.3) is 12.2 Å². The van der Waals surface area contributed by atoms with Crippen molar-refractivity contribution >= 4 is 47.0 Å². The molecule has 6 heteroatoms. The van der Waals surface area contributed by atoms with Crippen LogP contribution >= 0.6 is 23.2 Å². The molecule has 0 saturated carbocycles. The number of nitrogens with zero attached hydrogens (tertiary/aromatic N) is 2. The van der Waals surface area contributed by atoms with Crippen LogP contribution in [0.2, 0.25) is 10.0 Å². The zero-order chi connectivity index (χ0) is 22.2. The van der Waals surface area contributed by atoms with Crippen molar-refractivity contribution in [3.63, 3.8) is 0 Å². The van der Waals surface area contributed by atoms with Gasteiger partial charge in [0.05, 0.1) is 11.8 Å². The molecule has 2 N–H and O–H groups in total. The minimum Gasteiger partial charge on any atom is -0.352 e. The summed E-state index contributed by atoms with van der Waals surface area (Å²) in [5.41, 5.74) is 7.03. The monoisotopic (exact) mass is 460 g/mol. The van der Waals surface area contributed by atoms with Crippen LogP contribution in [-0.2, 0) is 0 Å². The molecular formula is C26H22Cl2N4. The van der Waals surface area contributed by atoms with E-state index in [-0.39, 0.29) is 6.04 Å². The second-order valence-corrected chi connectivity index (χ2v) is 8.08. The quantitative estimate of drug-likeness (QED) is 0.331. The standard InChI is InChI=1S/C26H22Cl2N4/c27-22-12-6-19(7-13-22)10-16-24(17-11-20-8-14-23(28)15-9-20)31-32-26-29-18-25(30-26)21-4-2-1-3-5-21/h1-17,25H,18H2,(H2,29,30,32). The molecule has 0 spiro atoms. The fourth-order valence-electron chi connectivity index (χ4n) is 3.14. The molecule has 1 aliphatic heterocycles. The van der Waals surface area contributed by atoms with Gasteiger partial charge in [0.2, 0.25) is 5.96 Å². The summed E-state index contributed by atoms with van der Waals surface area (Å²) in [6.45, 7) is 0.735. The third kappa shape index (κ3) is 6.33. The zero-order valence-electron chi connectivity index (χ0n) is 17.2. The Morgan fingerprint density at radius 2 is 1.41 bits per heavy atom. The third-order valence-corrected chi connectivity index (χ3v) is 5.36. The average molecular weight is 461 g/mol. The fraction of sp³-hybridized carbons (Fsp3) is 0.0769. The van der Waals surface area contributed by atoms with Crippen molar-refractivity contribution in [2.24, 2.45) is 10.1 Å². The lowest BCUT2D eigenvalue weighted by Crippen LogP contribution is -2.30. The summed E-state index contributed by atoms with van der Waals surface area (Å²) < 4.78 is 0. The molecule has 32 heavy (non-hydrogen) atoms. The zero-order valence-corrected chi connectivity index (χ0v) is 18.8. The molecule has 0 radical (unpaired) electrons. The number of hydrogen-bond donors (Lipinski definition) is 2. The summed E-state index contributed by atoms with van der Waals surface area (Å²) in [5.74, 6) is 0.649. The summed E-state index contributed by atoms with van der Waals surface area (Å²) in [4.78, 5) is 4.70. The van der Waals surface area contributed by atoms with Crippen molar-refractivity contribution in [1.82, 2.24) is 10.7 Å². The number of hydrogen-bond acceptors (Lipinski definition) is 4. The van der Waals surface area contributed by atoms with E-state index in [1.54, 1.807) is 0 Å². The molecule has 1 unspecified atom stereocenters. The van der Waals surface area contributed by atoms with E-state index in [0.29, 0.717) is 16.0 Å². The molecule has 4 rings (SSSR count). The van der Waals surface area contributed by atoms with Gasteiger partial charge in [0.15, 0.2) is 0 Å². The normalized spacial score (nSPS) is 15.6. The maximum atomic E-state index is 5.98. The van der Waals surface area contributed by atoms with Crippen LogP contribution in [0.1, 0.15) is 22.7 Å². The SMILES string of the molecule is Clc1ccc(C=CC(C=Cc2ccc(Cl)cc2)=NNC2=NC(c3ccccc3)CN2)cc1. The molecule has 1 atom stereocenters. The van der Waals surface area contributed by atoms with E-state index in [2.05, 4.69) is 28.0 Å². The van der Waals surface area contributed by atoms with Gasteiger partial charge >= 0.3 is 0 Å². The van der Waals surface area contributed by atoms with Crippen molar-refractivity contribution < 1.29 is 0 Å². The summed E-state index contributed by atoms with van der Waals surface area (Å²) in [5, 5.41) is 9.24. The Hall–Kier alpha value is -3.34. The Bertz CT molecular complexity index is 1090. The Kier molecular flexibility index (Phi) is 7.38. The molecule has 0 aliphatic carbocycles. The van der Waals surface area contributed by atoms with E-state index in [1.807, 2.05) is 91.0 Å². The minimum absolute atomic E-state index is 0.0755. The molecule has 1 aliphatic rings. The first-order chi connectivity index (χ1) is 15.7. The van der Waals surface area contributed by atoms with Gasteiger partial charge in [0.1, 0.15) is 0 Å². The molecule has 0 fully saturated rings. The van der Waals surface area contributed by atoms with Crippen molar-refractivity contribution in [2.45, 2.75) is 6.04 Å². The van der Waals surface area contributed by atoms with Gasteiger partial charge in [-0.3, -0.25) is 0 Å². The fourth-order valence-corrected chi connectivity index (χ4v) is 3.39. The predicted molar refractivity (Wildman–Crippen MR) is 136 cm³/mol. The summed E-state index contributed by atoms with van der Waals surface area (Å²) in [7, 11) is 0. The van der Waals surface area contributed by atoms with Crippen LogP contribution in [0.5, 0.6) is 0 Å². The molecule has 4 nitrogen and oxygen atoms in total. The summed E-state index contributed by atoms with van der Waals surface area (Å²) in [6, 6.07) is 25.6. The first-order valence-corrected chi connectivity index (χ1v) is 11.0. The highest BCUT2D eigenvalue weighted by atomic mass is 35.5. The van der Waals surface area contributed by atoms with Crippen molar-refractivity contribution in [2.75, 3.05) is 6.54 Å². The van der Waals surface area contributed by atoms with E-state index >= 15 is 0 Å². The molecule has 0 aromatic heterocycles. The first-order valence-electron chi connectivity index (χ1n) is 10.2. The highest BCUT2D eigenvalue weighted by Gasteiger charge is 2.17. The van der Waals surface area contributed by atoms with E-state index in [0.717, 1.165) is 23.4 Å². The van der Waals surface area contributed by atoms with E-state index in [4.69, 9.17) is 28.2 Å². The minimum atomic E-state index is 0.0755.